The van der Waals surface area contributed by atoms with Crippen LogP contribution >= 0.6 is 46.1 Å². The van der Waals surface area contributed by atoms with E-state index >= 15 is 0 Å². The summed E-state index contributed by atoms with van der Waals surface area (Å²) in [4.78, 5) is 24.9. The number of halogens is 3. The molecule has 1 aromatic heterocycles. The number of rotatable bonds is 5. The van der Waals surface area contributed by atoms with E-state index in [1.165, 1.54) is 11.3 Å². The summed E-state index contributed by atoms with van der Waals surface area (Å²) in [6.07, 6.45) is 0. The van der Waals surface area contributed by atoms with Gasteiger partial charge in [0.15, 0.2) is 0 Å². The molecule has 3 rings (SSSR count). The highest BCUT2D eigenvalue weighted by Crippen LogP contribution is 2.35. The van der Waals surface area contributed by atoms with Gasteiger partial charge in [-0.1, -0.05) is 59.1 Å². The number of fused-ring (bicyclic) bond motifs is 1. The predicted octanol–water partition coefficient (Wildman–Crippen LogP) is 5.47. The first-order valence-corrected chi connectivity index (χ1v) is 10.0. The number of hydrogen-bond acceptors (Lipinski definition) is 3. The summed E-state index contributed by atoms with van der Waals surface area (Å²) in [6.45, 7) is 1.64. The molecule has 0 saturated carbocycles. The van der Waals surface area contributed by atoms with E-state index in [0.717, 1.165) is 15.6 Å². The molecule has 4 nitrogen and oxygen atoms in total. The third-order valence-corrected chi connectivity index (χ3v) is 6.19. The summed E-state index contributed by atoms with van der Waals surface area (Å²) < 4.78 is 0.920. The fourth-order valence-electron chi connectivity index (χ4n) is 2.62. The van der Waals surface area contributed by atoms with Crippen LogP contribution in [0.25, 0.3) is 10.1 Å². The molecule has 2 amide bonds. The van der Waals surface area contributed by atoms with Crippen molar-refractivity contribution in [3.05, 3.63) is 68.0 Å². The van der Waals surface area contributed by atoms with Gasteiger partial charge in [-0.2, -0.15) is 0 Å². The molecule has 0 radical (unpaired) electrons. The monoisotopic (exact) mass is 440 g/mol. The second-order valence-corrected chi connectivity index (χ2v) is 8.15. The quantitative estimate of drug-likeness (QED) is 0.551. The van der Waals surface area contributed by atoms with Gasteiger partial charge < -0.3 is 10.6 Å². The maximum atomic E-state index is 12.4. The fourth-order valence-corrected chi connectivity index (χ4v) is 4.63. The van der Waals surface area contributed by atoms with E-state index in [4.69, 9.17) is 34.8 Å². The van der Waals surface area contributed by atoms with E-state index in [1.807, 2.05) is 24.3 Å². The summed E-state index contributed by atoms with van der Waals surface area (Å²) in [5, 5.41) is 7.61. The van der Waals surface area contributed by atoms with Gasteiger partial charge in [-0.15, -0.1) is 11.3 Å². The summed E-state index contributed by atoms with van der Waals surface area (Å²) in [5.41, 5.74) is 0.744. The SMILES string of the molecule is CC(NC(=O)CNC(=O)c1sc2ccccc2c1Cl)c1ccc(Cl)cc1Cl. The van der Waals surface area contributed by atoms with Crippen LogP contribution in [0.5, 0.6) is 0 Å². The van der Waals surface area contributed by atoms with Gasteiger partial charge in [-0.3, -0.25) is 9.59 Å². The second kappa shape index (κ2) is 8.48. The second-order valence-electron chi connectivity index (χ2n) is 5.88. The highest BCUT2D eigenvalue weighted by atomic mass is 35.5. The molecule has 0 spiro atoms. The Bertz CT molecular complexity index is 1020. The predicted molar refractivity (Wildman–Crippen MR) is 112 cm³/mol. The molecule has 140 valence electrons. The maximum absolute atomic E-state index is 12.4. The lowest BCUT2D eigenvalue weighted by molar-refractivity contribution is -0.120. The van der Waals surface area contributed by atoms with Crippen molar-refractivity contribution >= 4 is 68.0 Å². The third kappa shape index (κ3) is 4.55. The molecular formula is C19H15Cl3N2O2S. The van der Waals surface area contributed by atoms with E-state index < -0.39 is 0 Å². The third-order valence-electron chi connectivity index (χ3n) is 3.96. The Morgan fingerprint density at radius 1 is 1.11 bits per heavy atom. The number of amides is 2. The lowest BCUT2D eigenvalue weighted by Gasteiger charge is -2.16. The Morgan fingerprint density at radius 3 is 2.56 bits per heavy atom. The van der Waals surface area contributed by atoms with Crippen molar-refractivity contribution in [2.45, 2.75) is 13.0 Å². The summed E-state index contributed by atoms with van der Waals surface area (Å²) in [5.74, 6) is -0.715. The van der Waals surface area contributed by atoms with Gasteiger partial charge in [0, 0.05) is 20.1 Å². The van der Waals surface area contributed by atoms with Crippen LogP contribution < -0.4 is 10.6 Å². The van der Waals surface area contributed by atoms with Gasteiger partial charge in [-0.05, 0) is 30.7 Å². The smallest absolute Gasteiger partial charge is 0.263 e. The highest BCUT2D eigenvalue weighted by molar-refractivity contribution is 7.21. The summed E-state index contributed by atoms with van der Waals surface area (Å²) in [7, 11) is 0. The van der Waals surface area contributed by atoms with E-state index in [2.05, 4.69) is 10.6 Å². The molecule has 27 heavy (non-hydrogen) atoms. The highest BCUT2D eigenvalue weighted by Gasteiger charge is 2.18. The average Bonchev–Trinajstić information content (AvgIpc) is 2.97. The normalized spacial score (nSPS) is 12.0. The molecule has 1 atom stereocenters. The van der Waals surface area contributed by atoms with E-state index in [0.29, 0.717) is 19.9 Å². The Hall–Kier alpha value is -1.79. The van der Waals surface area contributed by atoms with Crippen LogP contribution in [-0.4, -0.2) is 18.4 Å². The topological polar surface area (TPSA) is 58.2 Å². The molecule has 0 aliphatic heterocycles. The van der Waals surface area contributed by atoms with Gasteiger partial charge >= 0.3 is 0 Å². The lowest BCUT2D eigenvalue weighted by atomic mass is 10.1. The minimum Gasteiger partial charge on any atom is -0.348 e. The van der Waals surface area contributed by atoms with Crippen LogP contribution in [0.3, 0.4) is 0 Å². The molecule has 3 aromatic rings. The molecule has 2 N–H and O–H groups in total. The number of hydrogen-bond donors (Lipinski definition) is 2. The molecule has 2 aromatic carbocycles. The maximum Gasteiger partial charge on any atom is 0.263 e. The van der Waals surface area contributed by atoms with E-state index in [1.54, 1.807) is 25.1 Å². The average molecular weight is 442 g/mol. The van der Waals surface area contributed by atoms with Crippen LogP contribution in [0, 0.1) is 0 Å². The van der Waals surface area contributed by atoms with Crippen molar-refractivity contribution in [3.63, 3.8) is 0 Å². The van der Waals surface area contributed by atoms with Crippen LogP contribution in [0.1, 0.15) is 28.2 Å². The van der Waals surface area contributed by atoms with Crippen molar-refractivity contribution in [1.82, 2.24) is 10.6 Å². The Kier molecular flexibility index (Phi) is 6.27. The Balaban J connectivity index is 1.61. The van der Waals surface area contributed by atoms with Crippen molar-refractivity contribution in [1.29, 1.82) is 0 Å². The zero-order valence-corrected chi connectivity index (χ0v) is 17.3. The molecule has 1 unspecified atom stereocenters. The van der Waals surface area contributed by atoms with Crippen molar-refractivity contribution < 1.29 is 9.59 Å². The Labute approximate surface area is 175 Å². The van der Waals surface area contributed by atoms with Crippen molar-refractivity contribution in [2.24, 2.45) is 0 Å². The fraction of sp³-hybridized carbons (Fsp3) is 0.158. The van der Waals surface area contributed by atoms with Gasteiger partial charge in [0.05, 0.1) is 17.6 Å². The first-order chi connectivity index (χ1) is 12.9. The van der Waals surface area contributed by atoms with Crippen LogP contribution in [0.4, 0.5) is 0 Å². The van der Waals surface area contributed by atoms with Gasteiger partial charge in [-0.25, -0.2) is 0 Å². The lowest BCUT2D eigenvalue weighted by Crippen LogP contribution is -2.37. The first-order valence-electron chi connectivity index (χ1n) is 8.06. The van der Waals surface area contributed by atoms with E-state index in [-0.39, 0.29) is 24.4 Å². The number of thiophene rings is 1. The number of benzene rings is 2. The van der Waals surface area contributed by atoms with Gasteiger partial charge in [0.25, 0.3) is 5.91 Å². The number of carbonyl (C=O) groups is 2. The molecule has 1 heterocycles. The molecule has 0 fully saturated rings. The summed E-state index contributed by atoms with van der Waals surface area (Å²) >= 11 is 19.6. The molecule has 0 aliphatic rings. The van der Waals surface area contributed by atoms with E-state index in [9.17, 15) is 9.59 Å². The first kappa shape index (κ1) is 20.0. The largest absolute Gasteiger partial charge is 0.348 e. The molecule has 0 aliphatic carbocycles. The Morgan fingerprint density at radius 2 is 1.85 bits per heavy atom. The summed E-state index contributed by atoms with van der Waals surface area (Å²) in [6, 6.07) is 12.2. The zero-order valence-electron chi connectivity index (χ0n) is 14.2. The van der Waals surface area contributed by atoms with Crippen LogP contribution in [0.2, 0.25) is 15.1 Å². The molecule has 0 bridgehead atoms. The van der Waals surface area contributed by atoms with Crippen molar-refractivity contribution in [2.75, 3.05) is 6.54 Å². The number of nitrogens with one attached hydrogen (secondary N) is 2. The van der Waals surface area contributed by atoms with Crippen LogP contribution in [0.15, 0.2) is 42.5 Å². The van der Waals surface area contributed by atoms with Gasteiger partial charge in [0.1, 0.15) is 4.88 Å². The molecule has 0 saturated heterocycles. The minimum absolute atomic E-state index is 0.168. The molecule has 8 heteroatoms. The molecular weight excluding hydrogens is 427 g/mol. The van der Waals surface area contributed by atoms with Gasteiger partial charge in [0.2, 0.25) is 5.91 Å². The standard InChI is InChI=1S/C19H15Cl3N2O2S/c1-10(12-7-6-11(20)8-14(12)21)24-16(25)9-23-19(26)18-17(22)13-4-2-3-5-15(13)27-18/h2-8,10H,9H2,1H3,(H,23,26)(H,24,25). The minimum atomic E-state index is -0.381. The van der Waals surface area contributed by atoms with Crippen LogP contribution in [-0.2, 0) is 4.79 Å². The zero-order chi connectivity index (χ0) is 19.6. The van der Waals surface area contributed by atoms with Crippen molar-refractivity contribution in [3.8, 4) is 0 Å². The number of carbonyl (C=O) groups excluding carboxylic acids is 2.